The number of pyridine rings is 1. The topological polar surface area (TPSA) is 315 Å². The van der Waals surface area contributed by atoms with Gasteiger partial charge in [-0.25, -0.2) is 8.78 Å². The molecule has 31 heteroatoms. The van der Waals surface area contributed by atoms with Gasteiger partial charge in [-0.2, -0.15) is 11.8 Å². The lowest BCUT2D eigenvalue weighted by Crippen LogP contribution is -2.52. The lowest BCUT2D eigenvalue weighted by Gasteiger charge is -2.35. The quantitative estimate of drug-likeness (QED) is 0.0196. The van der Waals surface area contributed by atoms with Crippen LogP contribution in [-0.2, 0) is 59.0 Å². The number of hydrogen-bond acceptors (Lipinski definition) is 21. The van der Waals surface area contributed by atoms with Gasteiger partial charge in [0.1, 0.15) is 31.4 Å². The lowest BCUT2D eigenvalue weighted by atomic mass is 10.1. The number of alkyl halides is 2. The maximum atomic E-state index is 14.0. The Kier molecular flexibility index (Phi) is 32.6. The Bertz CT molecular complexity index is 2970. The molecular weight excluding hydrogens is 1350 g/mol. The van der Waals surface area contributed by atoms with Gasteiger partial charge in [-0.3, -0.25) is 72.6 Å². The minimum atomic E-state index is -3.11. The molecule has 0 radical (unpaired) electrons. The number of terminal acetylenes is 1. The molecule has 93 heavy (non-hydrogen) atoms. The van der Waals surface area contributed by atoms with E-state index in [1.165, 1.54) is 24.0 Å². The number of aromatic nitrogens is 1. The number of hydrogen-bond donors (Lipinski definition) is 6. The first kappa shape index (κ1) is 75.1. The van der Waals surface area contributed by atoms with Crippen LogP contribution in [0.15, 0.2) is 54.7 Å². The van der Waals surface area contributed by atoms with Crippen LogP contribution in [0.5, 0.6) is 5.75 Å². The van der Waals surface area contributed by atoms with E-state index in [0.717, 1.165) is 20.5 Å². The van der Waals surface area contributed by atoms with Crippen LogP contribution in [0, 0.1) is 15.9 Å². The smallest absolute Gasteiger partial charge is 0.317 e. The van der Waals surface area contributed by atoms with Crippen molar-refractivity contribution in [3.63, 3.8) is 0 Å². The Morgan fingerprint density at radius 2 is 1.44 bits per heavy atom. The van der Waals surface area contributed by atoms with Crippen molar-refractivity contribution in [2.45, 2.75) is 62.6 Å². The van der Waals surface area contributed by atoms with Crippen molar-refractivity contribution >= 4 is 99.6 Å². The molecule has 3 fully saturated rings. The van der Waals surface area contributed by atoms with Gasteiger partial charge in [-0.1, -0.05) is 18.1 Å². The Hall–Kier alpha value is -6.90. The second kappa shape index (κ2) is 40.4. The lowest BCUT2D eigenvalue weighted by molar-refractivity contribution is -0.141. The number of aryl methyl sites for hydroxylation is 1. The number of carboxylic acids is 1. The Morgan fingerprint density at radius 3 is 2.10 bits per heavy atom. The van der Waals surface area contributed by atoms with Gasteiger partial charge in [0.2, 0.25) is 23.6 Å². The van der Waals surface area contributed by atoms with Crippen LogP contribution >= 0.6 is 34.4 Å². The molecule has 0 spiro atoms. The van der Waals surface area contributed by atoms with Crippen LogP contribution in [0.2, 0.25) is 0 Å². The van der Waals surface area contributed by atoms with Gasteiger partial charge in [-0.05, 0) is 90.2 Å². The molecule has 0 unspecified atom stereocenters. The number of aliphatic carboxylic acids is 1. The number of likely N-dealkylation sites (tertiary alicyclic amines) is 1. The van der Waals surface area contributed by atoms with Crippen LogP contribution in [0.25, 0.3) is 10.9 Å². The predicted octanol–water partition coefficient (Wildman–Crippen LogP) is 0.160. The summed E-state index contributed by atoms with van der Waals surface area (Å²) in [6.45, 7) is 4.90. The summed E-state index contributed by atoms with van der Waals surface area (Å²) in [5.74, 6) is -3.88. The molecule has 1 aromatic heterocycles. The largest absolute Gasteiger partial charge is 0.494 e. The van der Waals surface area contributed by atoms with Gasteiger partial charge in [-0.15, -0.1) is 6.42 Å². The summed E-state index contributed by atoms with van der Waals surface area (Å²) >= 11 is 3.52. The molecule has 4 heterocycles. The number of rotatable bonds is 36. The highest BCUT2D eigenvalue weighted by atomic mass is 127. The summed E-state index contributed by atoms with van der Waals surface area (Å²) < 4.78 is 51.0. The van der Waals surface area contributed by atoms with E-state index >= 15 is 0 Å². The summed E-state index contributed by atoms with van der Waals surface area (Å²) in [6, 6.07) is 12.6. The Labute approximate surface area is 557 Å². The molecule has 6 amide bonds. The zero-order valence-electron chi connectivity index (χ0n) is 52.1. The maximum Gasteiger partial charge on any atom is 0.317 e. The van der Waals surface area contributed by atoms with E-state index in [-0.39, 0.29) is 89.6 Å². The fourth-order valence-corrected chi connectivity index (χ4v) is 11.7. The number of fused-ring (bicyclic) bond motifs is 1. The number of aliphatic hydroxyl groups excluding tert-OH is 1. The number of piperazine rings is 1. The number of aliphatic hydroxyl groups is 1. The first-order valence-corrected chi connectivity index (χ1v) is 33.1. The number of carbonyl (C=O) groups is 9. The van der Waals surface area contributed by atoms with Gasteiger partial charge in [0.15, 0.2) is 0 Å². The first-order valence-electron chi connectivity index (χ1n) is 30.9. The monoisotopic (exact) mass is 1430 g/mol. The molecule has 2 aromatic carbocycles. The van der Waals surface area contributed by atoms with Crippen molar-refractivity contribution in [2.75, 3.05) is 169 Å². The average Bonchev–Trinajstić information content (AvgIpc) is 1.80. The molecule has 3 aliphatic heterocycles. The molecule has 0 saturated carbocycles. The second-order valence-electron chi connectivity index (χ2n) is 22.6. The third-order valence-electron chi connectivity index (χ3n) is 15.7. The standard InChI is InChI=1S/C62H85F2IN12O15S/c1-2-48-36-62(63,64)41-77(48)57(83)37-69-59(86)50-13-15-66-52-12-11-49(35-51(50)52)92-31-4-18-71-27-29-76(30-28-71)61(88)54(80)40-93-34-17-68-60(87)53(14-32-89-33-16-67-55(81)6-3-5-46-7-9-47(65)10-8-46)70-56(82)38-72-19-20-73(39-58(84)85)22-24-75(43-91-45-79)26-25-74(23-21-72)42-90-44-78/h1,7-13,15,35,44-45,48,53-54,80H,3-6,14,16-34,36-43H2,(H,67,81)(H,68,87)(H,69,86)(H,70,82)(H,84,85)/t48-,53-,54+/m0/s1. The molecule has 27 nitrogen and oxygen atoms in total. The number of halogens is 3. The number of nitrogens with one attached hydrogen (secondary N) is 4. The van der Waals surface area contributed by atoms with Crippen LogP contribution < -0.4 is 26.0 Å². The first-order chi connectivity index (χ1) is 44.8. The van der Waals surface area contributed by atoms with Crippen molar-refractivity contribution in [1.82, 2.24) is 60.6 Å². The number of benzene rings is 2. The van der Waals surface area contributed by atoms with Gasteiger partial charge < -0.3 is 60.2 Å². The summed E-state index contributed by atoms with van der Waals surface area (Å²) in [5.41, 5.74) is 1.87. The number of carbonyl (C=O) groups excluding carboxylic acids is 8. The Balaban J connectivity index is 0.930. The highest BCUT2D eigenvalue weighted by molar-refractivity contribution is 14.1. The van der Waals surface area contributed by atoms with Crippen LogP contribution in [0.3, 0.4) is 0 Å². The van der Waals surface area contributed by atoms with Gasteiger partial charge in [0.25, 0.3) is 30.7 Å². The summed E-state index contributed by atoms with van der Waals surface area (Å²) in [7, 11) is 0. The normalized spacial score (nSPS) is 17.8. The maximum absolute atomic E-state index is 14.0. The van der Waals surface area contributed by atoms with Gasteiger partial charge in [0.05, 0.1) is 56.5 Å². The minimum absolute atomic E-state index is 0.0219. The SMILES string of the molecule is C#C[C@H]1CC(F)(F)CN1C(=O)CNC(=O)c1ccnc2ccc(OCCCN3CCN(C(=O)[C@H](O)CSCCNC(=O)[C@H](CCOCCNC(=O)CCCc4ccc(I)cc4)NC(=O)CN4CCN(COC=O)CCN(COC=O)CCN(CC(=O)O)CC4)CC3)cc12. The van der Waals surface area contributed by atoms with E-state index in [1.807, 2.05) is 39.0 Å². The van der Waals surface area contributed by atoms with Gasteiger partial charge in [0, 0.05) is 144 Å². The second-order valence-corrected chi connectivity index (χ2v) is 24.9. The summed E-state index contributed by atoms with van der Waals surface area (Å²) in [6.07, 6.45) is 7.39. The van der Waals surface area contributed by atoms with E-state index in [1.54, 1.807) is 28.0 Å². The van der Waals surface area contributed by atoms with Crippen LogP contribution in [0.1, 0.15) is 48.0 Å². The zero-order valence-corrected chi connectivity index (χ0v) is 55.1. The third kappa shape index (κ3) is 27.2. The van der Waals surface area contributed by atoms with Crippen molar-refractivity contribution in [3.05, 3.63) is 69.4 Å². The molecule has 0 bridgehead atoms. The highest BCUT2D eigenvalue weighted by Gasteiger charge is 2.46. The van der Waals surface area contributed by atoms with Crippen LogP contribution in [-0.4, -0.2) is 297 Å². The number of thioether (sulfide) groups is 1. The molecule has 510 valence electrons. The summed E-state index contributed by atoms with van der Waals surface area (Å²) in [4.78, 5) is 130. The molecule has 3 atom stereocenters. The molecule has 3 aliphatic rings. The molecule has 3 aromatic rings. The molecular formula is C62H85F2IN12O15S. The fourth-order valence-electron chi connectivity index (χ4n) is 10.6. The summed E-state index contributed by atoms with van der Waals surface area (Å²) in [5, 5.41) is 32.2. The van der Waals surface area contributed by atoms with E-state index in [2.05, 4.69) is 59.7 Å². The van der Waals surface area contributed by atoms with Crippen LogP contribution in [0.4, 0.5) is 8.78 Å². The fraction of sp³-hybridized carbons (Fsp3) is 0.581. The molecule has 3 saturated heterocycles. The van der Waals surface area contributed by atoms with E-state index in [4.69, 9.17) is 25.4 Å². The number of amides is 6. The highest BCUT2D eigenvalue weighted by Crippen LogP contribution is 2.32. The van der Waals surface area contributed by atoms with E-state index in [0.29, 0.717) is 133 Å². The number of nitrogens with zero attached hydrogens (tertiary/aromatic N) is 8. The molecule has 0 aliphatic carbocycles. The Morgan fingerprint density at radius 1 is 0.785 bits per heavy atom. The average molecular weight is 1440 g/mol. The van der Waals surface area contributed by atoms with E-state index < -0.39 is 79.1 Å². The van der Waals surface area contributed by atoms with Crippen molar-refractivity contribution in [1.29, 1.82) is 0 Å². The molecule has 6 N–H and O–H groups in total. The zero-order chi connectivity index (χ0) is 67.0. The number of carboxylic acid groups (broad SMARTS) is 1. The van der Waals surface area contributed by atoms with Crippen molar-refractivity contribution in [2.24, 2.45) is 0 Å². The van der Waals surface area contributed by atoms with Crippen molar-refractivity contribution < 1.29 is 81.1 Å². The van der Waals surface area contributed by atoms with Crippen molar-refractivity contribution in [3.8, 4) is 18.1 Å². The molecule has 6 rings (SSSR count). The minimum Gasteiger partial charge on any atom is -0.494 e. The number of ether oxygens (including phenoxy) is 4. The van der Waals surface area contributed by atoms with Gasteiger partial charge >= 0.3 is 5.97 Å². The predicted molar refractivity (Wildman–Crippen MR) is 348 cm³/mol. The third-order valence-corrected chi connectivity index (χ3v) is 17.4. The van der Waals surface area contributed by atoms with E-state index in [9.17, 15) is 62.1 Å².